The maximum atomic E-state index is 12.5. The summed E-state index contributed by atoms with van der Waals surface area (Å²) in [7, 11) is 0. The quantitative estimate of drug-likeness (QED) is 0.610. The summed E-state index contributed by atoms with van der Waals surface area (Å²) in [4.78, 5) is 16.9. The van der Waals surface area contributed by atoms with Crippen LogP contribution in [0.3, 0.4) is 0 Å². The zero-order valence-corrected chi connectivity index (χ0v) is 13.4. The first kappa shape index (κ1) is 14.2. The van der Waals surface area contributed by atoms with Crippen molar-refractivity contribution in [2.24, 2.45) is 0 Å². The van der Waals surface area contributed by atoms with Crippen molar-refractivity contribution in [2.75, 3.05) is 0 Å². The van der Waals surface area contributed by atoms with E-state index >= 15 is 0 Å². The van der Waals surface area contributed by atoms with E-state index in [-0.39, 0.29) is 12.2 Å². The number of hydrogen-bond donors (Lipinski definition) is 0. The maximum Gasteiger partial charge on any atom is 0.186 e. The molecule has 3 rings (SSSR count). The minimum atomic E-state index is -0.0549. The number of benzene rings is 2. The van der Waals surface area contributed by atoms with E-state index in [1.54, 1.807) is 6.07 Å². The van der Waals surface area contributed by atoms with E-state index in [0.717, 1.165) is 16.5 Å². The molecule has 0 aliphatic heterocycles. The van der Waals surface area contributed by atoms with Crippen LogP contribution in [0.1, 0.15) is 16.1 Å². The number of hydrogen-bond acceptors (Lipinski definition) is 2. The van der Waals surface area contributed by atoms with Crippen LogP contribution in [-0.2, 0) is 6.42 Å². The summed E-state index contributed by atoms with van der Waals surface area (Å²) in [5.74, 6) is -0.0549. The molecule has 4 heteroatoms. The molecular formula is C17H11BrClNO. The molecule has 0 spiro atoms. The van der Waals surface area contributed by atoms with Crippen LogP contribution in [0.2, 0.25) is 5.02 Å². The van der Waals surface area contributed by atoms with Crippen molar-refractivity contribution in [2.45, 2.75) is 6.42 Å². The Morgan fingerprint density at radius 3 is 2.62 bits per heavy atom. The van der Waals surface area contributed by atoms with Gasteiger partial charge in [0, 0.05) is 21.3 Å². The summed E-state index contributed by atoms with van der Waals surface area (Å²) in [5.41, 5.74) is 2.06. The SMILES string of the molecule is O=C(Cc1ccccc1Cl)c1nc2ccccc2cc1Br. The summed E-state index contributed by atoms with van der Waals surface area (Å²) < 4.78 is 0.707. The highest BCUT2D eigenvalue weighted by Gasteiger charge is 2.15. The highest BCUT2D eigenvalue weighted by Crippen LogP contribution is 2.24. The summed E-state index contributed by atoms with van der Waals surface area (Å²) in [6.45, 7) is 0. The number of aromatic nitrogens is 1. The third-order valence-corrected chi connectivity index (χ3v) is 4.22. The van der Waals surface area contributed by atoms with Gasteiger partial charge >= 0.3 is 0 Å². The van der Waals surface area contributed by atoms with E-state index in [9.17, 15) is 4.79 Å². The highest BCUT2D eigenvalue weighted by molar-refractivity contribution is 9.10. The fourth-order valence-electron chi connectivity index (χ4n) is 2.18. The van der Waals surface area contributed by atoms with Crippen molar-refractivity contribution in [1.82, 2.24) is 4.98 Å². The summed E-state index contributed by atoms with van der Waals surface area (Å²) in [5, 5.41) is 1.60. The first-order valence-corrected chi connectivity index (χ1v) is 7.64. The Morgan fingerprint density at radius 2 is 1.81 bits per heavy atom. The Labute approximate surface area is 135 Å². The second-order valence-electron chi connectivity index (χ2n) is 4.70. The molecule has 1 heterocycles. The number of carbonyl (C=O) groups is 1. The van der Waals surface area contributed by atoms with Crippen LogP contribution in [0, 0.1) is 0 Å². The number of ketones is 1. The summed E-state index contributed by atoms with van der Waals surface area (Å²) in [6.07, 6.45) is 0.240. The van der Waals surface area contributed by atoms with Crippen LogP contribution in [0.4, 0.5) is 0 Å². The monoisotopic (exact) mass is 359 g/mol. The molecule has 3 aromatic rings. The Hall–Kier alpha value is -1.71. The fraction of sp³-hybridized carbons (Fsp3) is 0.0588. The topological polar surface area (TPSA) is 30.0 Å². The van der Waals surface area contributed by atoms with Gasteiger partial charge in [-0.2, -0.15) is 0 Å². The molecule has 104 valence electrons. The molecule has 0 saturated carbocycles. The lowest BCUT2D eigenvalue weighted by molar-refractivity contribution is 0.0988. The predicted molar refractivity (Wildman–Crippen MR) is 88.9 cm³/mol. The second-order valence-corrected chi connectivity index (χ2v) is 5.96. The van der Waals surface area contributed by atoms with Crippen molar-refractivity contribution < 1.29 is 4.79 Å². The number of carbonyl (C=O) groups excluding carboxylic acids is 1. The third-order valence-electron chi connectivity index (χ3n) is 3.25. The van der Waals surface area contributed by atoms with Crippen molar-refractivity contribution in [3.8, 4) is 0 Å². The molecule has 0 fully saturated rings. The van der Waals surface area contributed by atoms with Gasteiger partial charge in [-0.3, -0.25) is 4.79 Å². The molecule has 0 aliphatic rings. The smallest absolute Gasteiger partial charge is 0.186 e. The molecule has 0 aliphatic carbocycles. The number of nitrogens with zero attached hydrogens (tertiary/aromatic N) is 1. The van der Waals surface area contributed by atoms with Crippen LogP contribution in [0.5, 0.6) is 0 Å². The lowest BCUT2D eigenvalue weighted by Gasteiger charge is -2.07. The lowest BCUT2D eigenvalue weighted by atomic mass is 10.1. The third kappa shape index (κ3) is 2.99. The minimum Gasteiger partial charge on any atom is -0.292 e. The van der Waals surface area contributed by atoms with Gasteiger partial charge in [-0.05, 0) is 39.7 Å². The van der Waals surface area contributed by atoms with E-state index in [2.05, 4.69) is 20.9 Å². The number of para-hydroxylation sites is 1. The largest absolute Gasteiger partial charge is 0.292 e. The first-order valence-electron chi connectivity index (χ1n) is 6.47. The normalized spacial score (nSPS) is 10.8. The molecule has 0 N–H and O–H groups in total. The van der Waals surface area contributed by atoms with E-state index in [0.29, 0.717) is 15.2 Å². The molecule has 1 aromatic heterocycles. The number of pyridine rings is 1. The van der Waals surface area contributed by atoms with Crippen LogP contribution >= 0.6 is 27.5 Å². The van der Waals surface area contributed by atoms with E-state index < -0.39 is 0 Å². The number of fused-ring (bicyclic) bond motifs is 1. The van der Waals surface area contributed by atoms with Gasteiger partial charge in [0.15, 0.2) is 5.78 Å². The van der Waals surface area contributed by atoms with E-state index in [1.165, 1.54) is 0 Å². The molecule has 0 radical (unpaired) electrons. The van der Waals surface area contributed by atoms with Crippen molar-refractivity contribution in [1.29, 1.82) is 0 Å². The van der Waals surface area contributed by atoms with E-state index in [1.807, 2.05) is 48.5 Å². The zero-order valence-electron chi connectivity index (χ0n) is 11.0. The zero-order chi connectivity index (χ0) is 14.8. The van der Waals surface area contributed by atoms with Gasteiger partial charge in [-0.15, -0.1) is 0 Å². The van der Waals surface area contributed by atoms with Gasteiger partial charge in [0.05, 0.1) is 5.52 Å². The van der Waals surface area contributed by atoms with Crippen molar-refractivity contribution in [3.63, 3.8) is 0 Å². The Morgan fingerprint density at radius 1 is 1.10 bits per heavy atom. The van der Waals surface area contributed by atoms with Crippen LogP contribution < -0.4 is 0 Å². The molecule has 2 aromatic carbocycles. The fourth-order valence-corrected chi connectivity index (χ4v) is 2.94. The molecule has 0 amide bonds. The molecular weight excluding hydrogens is 350 g/mol. The summed E-state index contributed by atoms with van der Waals surface area (Å²) >= 11 is 9.54. The molecule has 0 unspecified atom stereocenters. The van der Waals surface area contributed by atoms with Gasteiger partial charge in [0.25, 0.3) is 0 Å². The van der Waals surface area contributed by atoms with Crippen LogP contribution in [0.25, 0.3) is 10.9 Å². The predicted octanol–water partition coefficient (Wildman–Crippen LogP) is 5.08. The standard InChI is InChI=1S/C17H11BrClNO/c18-13-9-12-6-2-4-8-15(12)20-17(13)16(21)10-11-5-1-3-7-14(11)19/h1-9H,10H2. The Bertz CT molecular complexity index is 832. The lowest BCUT2D eigenvalue weighted by Crippen LogP contribution is -2.07. The van der Waals surface area contributed by atoms with Gasteiger partial charge < -0.3 is 0 Å². The average Bonchev–Trinajstić information content (AvgIpc) is 2.49. The molecule has 0 saturated heterocycles. The van der Waals surface area contributed by atoms with Gasteiger partial charge in [0.1, 0.15) is 5.69 Å². The number of rotatable bonds is 3. The molecule has 21 heavy (non-hydrogen) atoms. The summed E-state index contributed by atoms with van der Waals surface area (Å²) in [6, 6.07) is 17.0. The maximum absolute atomic E-state index is 12.5. The Kier molecular flexibility index (Phi) is 4.04. The average molecular weight is 361 g/mol. The van der Waals surface area contributed by atoms with Crippen LogP contribution in [0.15, 0.2) is 59.1 Å². The van der Waals surface area contributed by atoms with Gasteiger partial charge in [-0.1, -0.05) is 48.0 Å². The number of halogens is 2. The first-order chi connectivity index (χ1) is 10.1. The van der Waals surface area contributed by atoms with Crippen molar-refractivity contribution in [3.05, 3.63) is 75.4 Å². The Balaban J connectivity index is 1.98. The van der Waals surface area contributed by atoms with E-state index in [4.69, 9.17) is 11.6 Å². The van der Waals surface area contributed by atoms with Crippen LogP contribution in [-0.4, -0.2) is 10.8 Å². The minimum absolute atomic E-state index is 0.0549. The van der Waals surface area contributed by atoms with Gasteiger partial charge in [-0.25, -0.2) is 4.98 Å². The van der Waals surface area contributed by atoms with Crippen molar-refractivity contribution >= 4 is 44.2 Å². The second kappa shape index (κ2) is 5.96. The molecule has 0 bridgehead atoms. The highest BCUT2D eigenvalue weighted by atomic mass is 79.9. The molecule has 2 nitrogen and oxygen atoms in total. The molecule has 0 atom stereocenters. The number of Topliss-reactive ketones (excluding diaryl/α,β-unsaturated/α-hetero) is 1. The van der Waals surface area contributed by atoms with Gasteiger partial charge in [0.2, 0.25) is 0 Å².